The quantitative estimate of drug-likeness (QED) is 0.817. The molecule has 2 amide bonds. The summed E-state index contributed by atoms with van der Waals surface area (Å²) in [5, 5.41) is 1.04. The van der Waals surface area contributed by atoms with Crippen LogP contribution in [-0.4, -0.2) is 53.1 Å². The number of aryl methyl sites for hydroxylation is 3. The van der Waals surface area contributed by atoms with Crippen LogP contribution in [0.2, 0.25) is 0 Å². The third-order valence-corrected chi connectivity index (χ3v) is 6.69. The zero-order valence-electron chi connectivity index (χ0n) is 16.0. The van der Waals surface area contributed by atoms with E-state index in [1.165, 1.54) is 5.56 Å². The van der Waals surface area contributed by atoms with Crippen molar-refractivity contribution in [2.75, 3.05) is 19.7 Å². The van der Waals surface area contributed by atoms with Crippen molar-refractivity contribution in [1.82, 2.24) is 9.80 Å². The highest BCUT2D eigenvalue weighted by Gasteiger charge is 2.62. The first-order valence-corrected chi connectivity index (χ1v) is 9.63. The number of amides is 2. The maximum absolute atomic E-state index is 13.2. The maximum atomic E-state index is 13.2. The first kappa shape index (κ1) is 16.8. The van der Waals surface area contributed by atoms with Crippen LogP contribution in [-0.2, 0) is 20.7 Å². The molecular weight excluding hydrogens is 344 g/mol. The molecule has 3 aliphatic rings. The Bertz CT molecular complexity index is 978. The van der Waals surface area contributed by atoms with E-state index in [1.54, 1.807) is 6.26 Å². The van der Waals surface area contributed by atoms with Crippen molar-refractivity contribution in [3.63, 3.8) is 0 Å². The van der Waals surface area contributed by atoms with Crippen LogP contribution in [0.1, 0.15) is 35.1 Å². The molecule has 0 bridgehead atoms. The number of furan rings is 1. The summed E-state index contributed by atoms with van der Waals surface area (Å²) < 4.78 is 11.8. The number of nitrogens with zero attached hydrogens (tertiary/aromatic N) is 2. The van der Waals surface area contributed by atoms with E-state index in [0.717, 1.165) is 27.7 Å². The number of hydrogen-bond donors (Lipinski definition) is 0. The molecule has 0 N–H and O–H groups in total. The summed E-state index contributed by atoms with van der Waals surface area (Å²) >= 11 is 0. The van der Waals surface area contributed by atoms with Crippen molar-refractivity contribution < 1.29 is 18.7 Å². The lowest BCUT2D eigenvalue weighted by molar-refractivity contribution is -0.139. The number of fused-ring (bicyclic) bond motifs is 1. The summed E-state index contributed by atoms with van der Waals surface area (Å²) in [5.74, 6) is 0.146. The van der Waals surface area contributed by atoms with E-state index in [0.29, 0.717) is 32.5 Å². The third kappa shape index (κ3) is 2.16. The molecule has 6 heteroatoms. The van der Waals surface area contributed by atoms with E-state index in [2.05, 4.69) is 19.9 Å². The number of hydrogen-bond acceptors (Lipinski definition) is 4. The topological polar surface area (TPSA) is 63.0 Å². The van der Waals surface area contributed by atoms with Crippen molar-refractivity contribution >= 4 is 22.8 Å². The average molecular weight is 368 g/mol. The van der Waals surface area contributed by atoms with Crippen LogP contribution in [0.4, 0.5) is 0 Å². The molecule has 1 spiro atoms. The van der Waals surface area contributed by atoms with Crippen molar-refractivity contribution in [3.8, 4) is 0 Å². The van der Waals surface area contributed by atoms with Crippen LogP contribution in [0, 0.1) is 20.8 Å². The van der Waals surface area contributed by atoms with E-state index in [1.807, 2.05) is 16.7 Å². The van der Waals surface area contributed by atoms with Gasteiger partial charge < -0.3 is 19.0 Å². The average Bonchev–Trinajstić information content (AvgIpc) is 3.35. The molecule has 2 atom stereocenters. The highest BCUT2D eigenvalue weighted by atomic mass is 16.5. The normalized spacial score (nSPS) is 26.9. The summed E-state index contributed by atoms with van der Waals surface area (Å²) in [5.41, 5.74) is 4.65. The molecule has 3 saturated heterocycles. The number of ether oxygens (including phenoxy) is 1. The van der Waals surface area contributed by atoms with Gasteiger partial charge in [-0.1, -0.05) is 6.07 Å². The molecule has 1 aromatic heterocycles. The van der Waals surface area contributed by atoms with E-state index in [4.69, 9.17) is 9.15 Å². The second-order valence-electron chi connectivity index (χ2n) is 8.07. The van der Waals surface area contributed by atoms with Gasteiger partial charge in [0.2, 0.25) is 11.8 Å². The summed E-state index contributed by atoms with van der Waals surface area (Å²) in [6.07, 6.45) is 3.08. The van der Waals surface area contributed by atoms with Gasteiger partial charge in [0.15, 0.2) is 5.72 Å². The Morgan fingerprint density at radius 2 is 2.07 bits per heavy atom. The van der Waals surface area contributed by atoms with E-state index < -0.39 is 5.72 Å². The van der Waals surface area contributed by atoms with Gasteiger partial charge in [0.05, 0.1) is 31.8 Å². The van der Waals surface area contributed by atoms with Crippen LogP contribution < -0.4 is 0 Å². The molecule has 0 radical (unpaired) electrons. The van der Waals surface area contributed by atoms with Crippen molar-refractivity contribution in [3.05, 3.63) is 34.6 Å². The fourth-order valence-corrected chi connectivity index (χ4v) is 5.27. The molecule has 0 saturated carbocycles. The predicted molar refractivity (Wildman–Crippen MR) is 99.3 cm³/mol. The molecule has 4 heterocycles. The highest BCUT2D eigenvalue weighted by molar-refractivity contribution is 5.92. The van der Waals surface area contributed by atoms with Gasteiger partial charge in [-0.15, -0.1) is 0 Å². The Balaban J connectivity index is 1.45. The molecule has 0 aliphatic carbocycles. The standard InChI is InChI=1S/C21H24N2O4/c1-12-8-13(2)19-15(11-26-20(19)14(12)3)9-17(24)22-5-4-21-16(22)10-18(25)23(21)6-7-27-21/h8,11,16H,4-7,9-10H2,1-3H3/t16-,21+/m1/s1. The Labute approximate surface area is 158 Å². The minimum atomic E-state index is -0.575. The van der Waals surface area contributed by atoms with E-state index in [9.17, 15) is 9.59 Å². The molecule has 142 valence electrons. The molecule has 2 aromatic rings. The lowest BCUT2D eigenvalue weighted by atomic mass is 9.98. The van der Waals surface area contributed by atoms with Crippen LogP contribution in [0.15, 0.2) is 16.7 Å². The molecule has 3 aliphatic heterocycles. The summed E-state index contributed by atoms with van der Waals surface area (Å²) in [6, 6.07) is 1.98. The van der Waals surface area contributed by atoms with Gasteiger partial charge in [-0.3, -0.25) is 9.59 Å². The molecular formula is C21H24N2O4. The third-order valence-electron chi connectivity index (χ3n) is 6.69. The smallest absolute Gasteiger partial charge is 0.227 e. The van der Waals surface area contributed by atoms with Crippen LogP contribution in [0.25, 0.3) is 11.0 Å². The maximum Gasteiger partial charge on any atom is 0.227 e. The largest absolute Gasteiger partial charge is 0.464 e. The summed E-state index contributed by atoms with van der Waals surface area (Å²) in [6.45, 7) is 8.02. The lowest BCUT2D eigenvalue weighted by Crippen LogP contribution is -2.49. The number of carbonyl (C=O) groups excluding carboxylic acids is 2. The predicted octanol–water partition coefficient (Wildman–Crippen LogP) is 2.46. The van der Waals surface area contributed by atoms with Gasteiger partial charge in [-0.05, 0) is 37.5 Å². The van der Waals surface area contributed by atoms with Crippen molar-refractivity contribution in [1.29, 1.82) is 0 Å². The minimum absolute atomic E-state index is 0.0438. The molecule has 6 nitrogen and oxygen atoms in total. The first-order chi connectivity index (χ1) is 12.9. The van der Waals surface area contributed by atoms with Crippen LogP contribution in [0.5, 0.6) is 0 Å². The van der Waals surface area contributed by atoms with Crippen LogP contribution in [0.3, 0.4) is 0 Å². The van der Waals surface area contributed by atoms with Gasteiger partial charge in [-0.2, -0.15) is 0 Å². The second kappa shape index (κ2) is 5.58. The zero-order chi connectivity index (χ0) is 18.9. The van der Waals surface area contributed by atoms with Crippen molar-refractivity contribution in [2.45, 2.75) is 51.8 Å². The summed E-state index contributed by atoms with van der Waals surface area (Å²) in [7, 11) is 0. The molecule has 27 heavy (non-hydrogen) atoms. The van der Waals surface area contributed by atoms with Gasteiger partial charge in [0.1, 0.15) is 5.58 Å². The second-order valence-corrected chi connectivity index (χ2v) is 8.07. The van der Waals surface area contributed by atoms with Gasteiger partial charge >= 0.3 is 0 Å². The zero-order valence-corrected chi connectivity index (χ0v) is 16.0. The molecule has 1 aromatic carbocycles. The molecule has 5 rings (SSSR count). The Morgan fingerprint density at radius 1 is 1.26 bits per heavy atom. The van der Waals surface area contributed by atoms with Crippen molar-refractivity contribution in [2.24, 2.45) is 0 Å². The van der Waals surface area contributed by atoms with Gasteiger partial charge in [0, 0.05) is 30.5 Å². The van der Waals surface area contributed by atoms with Gasteiger partial charge in [-0.25, -0.2) is 0 Å². The summed E-state index contributed by atoms with van der Waals surface area (Å²) in [4.78, 5) is 29.2. The van der Waals surface area contributed by atoms with E-state index in [-0.39, 0.29) is 24.3 Å². The first-order valence-electron chi connectivity index (χ1n) is 9.63. The lowest BCUT2D eigenvalue weighted by Gasteiger charge is -2.31. The Hall–Kier alpha value is -2.34. The fraction of sp³-hybridized carbons (Fsp3) is 0.524. The monoisotopic (exact) mass is 368 g/mol. The number of benzene rings is 1. The SMILES string of the molecule is Cc1cc(C)c2c(CC(=O)N3CC[C@@]45OCCN4C(=O)C[C@@H]35)coc2c1C. The fourth-order valence-electron chi connectivity index (χ4n) is 5.27. The minimum Gasteiger partial charge on any atom is -0.464 e. The number of likely N-dealkylation sites (tertiary alicyclic amines) is 1. The number of carbonyl (C=O) groups is 2. The Morgan fingerprint density at radius 3 is 2.89 bits per heavy atom. The van der Waals surface area contributed by atoms with Crippen LogP contribution >= 0.6 is 0 Å². The molecule has 3 fully saturated rings. The number of rotatable bonds is 2. The van der Waals surface area contributed by atoms with Gasteiger partial charge in [0.25, 0.3) is 0 Å². The molecule has 0 unspecified atom stereocenters. The Kier molecular flexibility index (Phi) is 3.47. The van der Waals surface area contributed by atoms with E-state index >= 15 is 0 Å². The highest BCUT2D eigenvalue weighted by Crippen LogP contribution is 2.45.